The standard InChI is InChI=1S/C17H24O2/c1-11-6-7-13-14(8-11)17(4,5)12(9-15(18)19)10-16(13,2)3/h6-8,12H,9-10H2,1-5H3,(H,18,19)/t12-/m0/s1. The molecule has 2 nitrogen and oxygen atoms in total. The molecule has 0 fully saturated rings. The molecule has 1 aliphatic rings. The Morgan fingerprint density at radius 2 is 1.89 bits per heavy atom. The SMILES string of the molecule is Cc1ccc2c(c1)C(C)(C)[C@@H](CC(=O)O)CC2(C)C. The van der Waals surface area contributed by atoms with Crippen LogP contribution in [-0.4, -0.2) is 11.1 Å². The van der Waals surface area contributed by atoms with Crippen LogP contribution in [0.15, 0.2) is 18.2 Å². The Morgan fingerprint density at radius 1 is 1.26 bits per heavy atom. The van der Waals surface area contributed by atoms with E-state index in [9.17, 15) is 9.90 Å². The van der Waals surface area contributed by atoms with Crippen molar-refractivity contribution in [3.05, 3.63) is 34.9 Å². The summed E-state index contributed by atoms with van der Waals surface area (Å²) in [5.74, 6) is -0.501. The number of carboxylic acids is 1. The van der Waals surface area contributed by atoms with Crippen molar-refractivity contribution in [3.8, 4) is 0 Å². The predicted molar refractivity (Wildman–Crippen MR) is 77.6 cm³/mol. The maximum Gasteiger partial charge on any atom is 0.303 e. The topological polar surface area (TPSA) is 37.3 Å². The summed E-state index contributed by atoms with van der Waals surface area (Å²) >= 11 is 0. The lowest BCUT2D eigenvalue weighted by atomic mass is 9.57. The van der Waals surface area contributed by atoms with Crippen molar-refractivity contribution < 1.29 is 9.90 Å². The van der Waals surface area contributed by atoms with Crippen LogP contribution in [0.5, 0.6) is 0 Å². The van der Waals surface area contributed by atoms with E-state index in [1.165, 1.54) is 16.7 Å². The molecule has 1 N–H and O–H groups in total. The largest absolute Gasteiger partial charge is 0.481 e. The Labute approximate surface area is 115 Å². The van der Waals surface area contributed by atoms with E-state index in [0.717, 1.165) is 6.42 Å². The van der Waals surface area contributed by atoms with Gasteiger partial charge in [0.2, 0.25) is 0 Å². The first-order valence-corrected chi connectivity index (χ1v) is 6.98. The number of aliphatic carboxylic acids is 1. The van der Waals surface area contributed by atoms with E-state index in [1.807, 2.05) is 0 Å². The minimum Gasteiger partial charge on any atom is -0.481 e. The molecular formula is C17H24O2. The summed E-state index contributed by atoms with van der Waals surface area (Å²) in [6, 6.07) is 6.63. The van der Waals surface area contributed by atoms with Gasteiger partial charge in [-0.15, -0.1) is 0 Å². The average molecular weight is 260 g/mol. The van der Waals surface area contributed by atoms with Gasteiger partial charge in [0.15, 0.2) is 0 Å². The van der Waals surface area contributed by atoms with Crippen LogP contribution in [0.4, 0.5) is 0 Å². The van der Waals surface area contributed by atoms with Crippen molar-refractivity contribution >= 4 is 5.97 Å². The van der Waals surface area contributed by atoms with E-state index in [2.05, 4.69) is 52.8 Å². The molecule has 0 aliphatic heterocycles. The molecule has 0 radical (unpaired) electrons. The van der Waals surface area contributed by atoms with E-state index >= 15 is 0 Å². The van der Waals surface area contributed by atoms with Gasteiger partial charge in [0.25, 0.3) is 0 Å². The lowest BCUT2D eigenvalue weighted by Crippen LogP contribution is -2.42. The second kappa shape index (κ2) is 4.36. The van der Waals surface area contributed by atoms with Gasteiger partial charge in [-0.25, -0.2) is 0 Å². The van der Waals surface area contributed by atoms with Crippen molar-refractivity contribution in [2.45, 2.75) is 58.3 Å². The summed E-state index contributed by atoms with van der Waals surface area (Å²) < 4.78 is 0. The molecule has 2 heteroatoms. The quantitative estimate of drug-likeness (QED) is 0.871. The summed E-state index contributed by atoms with van der Waals surface area (Å²) in [7, 11) is 0. The van der Waals surface area contributed by atoms with Gasteiger partial charge in [-0.1, -0.05) is 51.5 Å². The molecule has 1 aliphatic carbocycles. The molecule has 0 unspecified atom stereocenters. The Kier molecular flexibility index (Phi) is 3.24. The highest BCUT2D eigenvalue weighted by molar-refractivity contribution is 5.67. The third-order valence-electron chi connectivity index (χ3n) is 4.80. The van der Waals surface area contributed by atoms with E-state index in [-0.39, 0.29) is 23.2 Å². The number of rotatable bonds is 2. The monoisotopic (exact) mass is 260 g/mol. The van der Waals surface area contributed by atoms with Gasteiger partial charge in [-0.2, -0.15) is 0 Å². The molecule has 0 bridgehead atoms. The summed E-state index contributed by atoms with van der Waals surface area (Å²) in [4.78, 5) is 11.1. The van der Waals surface area contributed by atoms with E-state index in [0.29, 0.717) is 0 Å². The first kappa shape index (κ1) is 14.1. The van der Waals surface area contributed by atoms with E-state index in [1.54, 1.807) is 0 Å². The van der Waals surface area contributed by atoms with E-state index < -0.39 is 5.97 Å². The first-order valence-electron chi connectivity index (χ1n) is 6.98. The predicted octanol–water partition coefficient (Wildman–Crippen LogP) is 4.04. The van der Waals surface area contributed by atoms with Crippen LogP contribution in [0.25, 0.3) is 0 Å². The highest BCUT2D eigenvalue weighted by Crippen LogP contribution is 2.50. The zero-order valence-corrected chi connectivity index (χ0v) is 12.6. The molecule has 104 valence electrons. The van der Waals surface area contributed by atoms with Crippen LogP contribution in [0.1, 0.15) is 57.2 Å². The minimum atomic E-state index is -0.690. The number of carboxylic acid groups (broad SMARTS) is 1. The smallest absolute Gasteiger partial charge is 0.303 e. The van der Waals surface area contributed by atoms with Crippen molar-refractivity contribution in [3.63, 3.8) is 0 Å². The number of hydrogen-bond donors (Lipinski definition) is 1. The number of hydrogen-bond acceptors (Lipinski definition) is 1. The summed E-state index contributed by atoms with van der Waals surface area (Å²) in [5, 5.41) is 9.17. The second-order valence-corrected chi connectivity index (χ2v) is 7.15. The van der Waals surface area contributed by atoms with Gasteiger partial charge in [0.05, 0.1) is 0 Å². The lowest BCUT2D eigenvalue weighted by Gasteiger charge is -2.47. The van der Waals surface area contributed by atoms with Crippen molar-refractivity contribution in [1.29, 1.82) is 0 Å². The molecular weight excluding hydrogens is 236 g/mol. The lowest BCUT2D eigenvalue weighted by molar-refractivity contribution is -0.139. The fourth-order valence-electron chi connectivity index (χ4n) is 3.52. The highest BCUT2D eigenvalue weighted by Gasteiger charge is 2.44. The molecule has 0 saturated carbocycles. The molecule has 1 atom stereocenters. The van der Waals surface area contributed by atoms with Gasteiger partial charge in [0, 0.05) is 6.42 Å². The summed E-state index contributed by atoms with van der Waals surface area (Å²) in [6.45, 7) is 10.9. The maximum absolute atomic E-state index is 11.1. The normalized spacial score (nSPS) is 23.7. The fourth-order valence-corrected chi connectivity index (χ4v) is 3.52. The Morgan fingerprint density at radius 3 is 2.47 bits per heavy atom. The van der Waals surface area contributed by atoms with Crippen LogP contribution in [0.2, 0.25) is 0 Å². The van der Waals surface area contributed by atoms with Crippen molar-refractivity contribution in [2.75, 3.05) is 0 Å². The molecule has 2 rings (SSSR count). The van der Waals surface area contributed by atoms with Gasteiger partial charge in [0.1, 0.15) is 0 Å². The number of aryl methyl sites for hydroxylation is 1. The summed E-state index contributed by atoms with van der Waals surface area (Å²) in [6.07, 6.45) is 1.19. The maximum atomic E-state index is 11.1. The molecule has 1 aromatic rings. The Hall–Kier alpha value is -1.31. The van der Waals surface area contributed by atoms with Gasteiger partial charge >= 0.3 is 5.97 Å². The molecule has 0 heterocycles. The average Bonchev–Trinajstić information content (AvgIpc) is 2.25. The zero-order valence-electron chi connectivity index (χ0n) is 12.6. The first-order chi connectivity index (χ1) is 8.64. The van der Waals surface area contributed by atoms with Gasteiger partial charge < -0.3 is 5.11 Å². The van der Waals surface area contributed by atoms with Crippen LogP contribution in [0, 0.1) is 12.8 Å². The number of benzene rings is 1. The van der Waals surface area contributed by atoms with Crippen LogP contribution in [0.3, 0.4) is 0 Å². The third-order valence-corrected chi connectivity index (χ3v) is 4.80. The molecule has 1 aromatic carbocycles. The fraction of sp³-hybridized carbons (Fsp3) is 0.588. The van der Waals surface area contributed by atoms with Crippen LogP contribution in [-0.2, 0) is 15.6 Å². The van der Waals surface area contributed by atoms with Crippen molar-refractivity contribution in [2.24, 2.45) is 5.92 Å². The molecule has 0 amide bonds. The minimum absolute atomic E-state index is 0.0542. The second-order valence-electron chi connectivity index (χ2n) is 7.15. The Bertz CT molecular complexity index is 512. The van der Waals surface area contributed by atoms with Crippen LogP contribution < -0.4 is 0 Å². The summed E-state index contributed by atoms with van der Waals surface area (Å²) in [5.41, 5.74) is 3.94. The highest BCUT2D eigenvalue weighted by atomic mass is 16.4. The third kappa shape index (κ3) is 2.41. The molecule has 0 saturated heterocycles. The van der Waals surface area contributed by atoms with Gasteiger partial charge in [-0.3, -0.25) is 4.79 Å². The van der Waals surface area contributed by atoms with Crippen molar-refractivity contribution in [1.82, 2.24) is 0 Å². The van der Waals surface area contributed by atoms with Gasteiger partial charge in [-0.05, 0) is 41.2 Å². The number of fused-ring (bicyclic) bond motifs is 1. The van der Waals surface area contributed by atoms with Crippen LogP contribution >= 0.6 is 0 Å². The molecule has 0 spiro atoms. The Balaban J connectivity index is 2.56. The molecule has 0 aromatic heterocycles. The van der Waals surface area contributed by atoms with E-state index in [4.69, 9.17) is 0 Å². The number of carbonyl (C=O) groups is 1. The molecule has 19 heavy (non-hydrogen) atoms. The zero-order chi connectivity index (χ0) is 14.4.